The van der Waals surface area contributed by atoms with Crippen LogP contribution in [0.2, 0.25) is 0 Å². The number of hydrogen-bond donors (Lipinski definition) is 0. The molecule has 0 amide bonds. The van der Waals surface area contributed by atoms with E-state index in [2.05, 4.69) is 36.6 Å². The monoisotopic (exact) mass is 408 g/mol. The summed E-state index contributed by atoms with van der Waals surface area (Å²) in [6, 6.07) is 0. The van der Waals surface area contributed by atoms with Crippen LogP contribution in [-0.4, -0.2) is 17.3 Å². The van der Waals surface area contributed by atoms with Crippen LogP contribution in [-0.2, 0) is 11.3 Å². The third-order valence-electron chi connectivity index (χ3n) is 9.22. The lowest BCUT2D eigenvalue weighted by Gasteiger charge is -2.57. The molecule has 0 saturated heterocycles. The molecule has 0 N–H and O–H groups in total. The van der Waals surface area contributed by atoms with Crippen LogP contribution in [0.1, 0.15) is 76.9 Å². The second-order valence-electron chi connectivity index (χ2n) is 10.6. The highest BCUT2D eigenvalue weighted by molar-refractivity contribution is 5.96. The summed E-state index contributed by atoms with van der Waals surface area (Å²) in [5.41, 5.74) is 5.04. The molecule has 1 aromatic rings. The number of nitrogens with zero attached hydrogens (tertiary/aromatic N) is 2. The summed E-state index contributed by atoms with van der Waals surface area (Å²) in [5.74, 6) is 4.14. The molecule has 0 radical (unpaired) electrons. The first-order chi connectivity index (χ1) is 14.4. The van der Waals surface area contributed by atoms with E-state index < -0.39 is 0 Å². The molecule has 0 spiro atoms. The molecule has 0 aromatic carbocycles. The van der Waals surface area contributed by atoms with Crippen molar-refractivity contribution in [3.05, 3.63) is 41.6 Å². The summed E-state index contributed by atoms with van der Waals surface area (Å²) in [5, 5.41) is 4.47. The Morgan fingerprint density at radius 3 is 2.77 bits per heavy atom. The molecule has 3 unspecified atom stereocenters. The van der Waals surface area contributed by atoms with Gasteiger partial charge in [-0.25, -0.2) is 4.98 Å². The molecule has 3 saturated carbocycles. The second-order valence-corrected chi connectivity index (χ2v) is 10.6. The molecular weight excluding hydrogens is 372 g/mol. The molecule has 4 aliphatic carbocycles. The standard InChI is InChI=1S/C26H36N2O2/c1-17-5-8-23-22-7-6-19-15-20(28-29-14-11-21-16-27-18(2)30-21)9-12-26(19,4)24(22)10-13-25(17,23)3/h15-16,22-24H,1,5-14H2,2-4H3/t22?,23?,24?,25-,26+/m1/s1. The van der Waals surface area contributed by atoms with Gasteiger partial charge in [-0.3, -0.25) is 0 Å². The fourth-order valence-corrected chi connectivity index (χ4v) is 7.35. The maximum atomic E-state index is 5.63. The van der Waals surface area contributed by atoms with E-state index in [-0.39, 0.29) is 0 Å². The first-order valence-corrected chi connectivity index (χ1v) is 11.9. The van der Waals surface area contributed by atoms with Gasteiger partial charge in [0, 0.05) is 13.3 Å². The maximum absolute atomic E-state index is 5.63. The molecule has 4 aliphatic rings. The molecule has 162 valence electrons. The van der Waals surface area contributed by atoms with Gasteiger partial charge in [0.1, 0.15) is 12.4 Å². The largest absolute Gasteiger partial charge is 0.446 e. The average Bonchev–Trinajstić information content (AvgIpc) is 3.28. The molecule has 5 rings (SSSR count). The first-order valence-electron chi connectivity index (χ1n) is 11.9. The molecule has 1 heterocycles. The van der Waals surface area contributed by atoms with Gasteiger partial charge in [-0.2, -0.15) is 0 Å². The van der Waals surface area contributed by atoms with Crippen molar-refractivity contribution in [2.24, 2.45) is 33.7 Å². The second kappa shape index (κ2) is 7.39. The summed E-state index contributed by atoms with van der Waals surface area (Å²) in [7, 11) is 0. The Morgan fingerprint density at radius 1 is 1.13 bits per heavy atom. The fourth-order valence-electron chi connectivity index (χ4n) is 7.35. The minimum atomic E-state index is 0.352. The number of hydrogen-bond acceptors (Lipinski definition) is 4. The van der Waals surface area contributed by atoms with Crippen LogP contribution >= 0.6 is 0 Å². The minimum absolute atomic E-state index is 0.352. The quantitative estimate of drug-likeness (QED) is 0.328. The zero-order chi connectivity index (χ0) is 20.9. The number of allylic oxidation sites excluding steroid dienone is 3. The number of aromatic nitrogens is 1. The lowest BCUT2D eigenvalue weighted by molar-refractivity contribution is -0.0226. The Bertz CT molecular complexity index is 897. The van der Waals surface area contributed by atoms with Crippen molar-refractivity contribution < 1.29 is 9.25 Å². The van der Waals surface area contributed by atoms with E-state index in [1.165, 1.54) is 50.5 Å². The SMILES string of the molecule is C=C1CCC2C3CCC4=CC(=NOCCc5cnc(C)o5)CC[C@]4(C)C3CC[C@]12C. The molecule has 0 aliphatic heterocycles. The van der Waals surface area contributed by atoms with Crippen molar-refractivity contribution in [2.45, 2.75) is 78.6 Å². The van der Waals surface area contributed by atoms with Gasteiger partial charge < -0.3 is 9.25 Å². The van der Waals surface area contributed by atoms with E-state index in [0.29, 0.717) is 29.7 Å². The van der Waals surface area contributed by atoms with Gasteiger partial charge in [-0.1, -0.05) is 36.7 Å². The Balaban J connectivity index is 1.26. The lowest BCUT2D eigenvalue weighted by atomic mass is 9.47. The fraction of sp³-hybridized carbons (Fsp3) is 0.692. The van der Waals surface area contributed by atoms with Gasteiger partial charge in [0.15, 0.2) is 5.89 Å². The van der Waals surface area contributed by atoms with Gasteiger partial charge in [-0.05, 0) is 86.0 Å². The highest BCUT2D eigenvalue weighted by atomic mass is 16.6. The van der Waals surface area contributed by atoms with Crippen molar-refractivity contribution in [1.29, 1.82) is 0 Å². The van der Waals surface area contributed by atoms with Gasteiger partial charge >= 0.3 is 0 Å². The third kappa shape index (κ3) is 3.18. The molecule has 1 aromatic heterocycles. The van der Waals surface area contributed by atoms with Crippen LogP contribution in [0.3, 0.4) is 0 Å². The van der Waals surface area contributed by atoms with Crippen molar-refractivity contribution in [3.8, 4) is 0 Å². The molecule has 0 bridgehead atoms. The summed E-state index contributed by atoms with van der Waals surface area (Å²) in [6.45, 7) is 11.9. The molecule has 30 heavy (non-hydrogen) atoms. The Labute approximate surface area is 180 Å². The lowest BCUT2D eigenvalue weighted by Crippen LogP contribution is -2.49. The van der Waals surface area contributed by atoms with Crippen LogP contribution in [0.15, 0.2) is 39.6 Å². The van der Waals surface area contributed by atoms with Crippen LogP contribution in [0.25, 0.3) is 0 Å². The van der Waals surface area contributed by atoms with Crippen LogP contribution in [0, 0.1) is 35.5 Å². The van der Waals surface area contributed by atoms with E-state index >= 15 is 0 Å². The predicted octanol–water partition coefficient (Wildman–Crippen LogP) is 6.42. The zero-order valence-corrected chi connectivity index (χ0v) is 18.9. The Morgan fingerprint density at radius 2 is 1.97 bits per heavy atom. The molecule has 4 heteroatoms. The van der Waals surface area contributed by atoms with Gasteiger partial charge in [-0.15, -0.1) is 0 Å². The van der Waals surface area contributed by atoms with Crippen molar-refractivity contribution in [2.75, 3.05) is 6.61 Å². The molecule has 4 nitrogen and oxygen atoms in total. The van der Waals surface area contributed by atoms with E-state index in [1.54, 1.807) is 11.8 Å². The number of fused-ring (bicyclic) bond motifs is 5. The summed E-state index contributed by atoms with van der Waals surface area (Å²) in [6.07, 6.45) is 15.0. The third-order valence-corrected chi connectivity index (χ3v) is 9.22. The maximum Gasteiger partial charge on any atom is 0.191 e. The van der Waals surface area contributed by atoms with E-state index in [9.17, 15) is 0 Å². The highest BCUT2D eigenvalue weighted by Gasteiger charge is 2.57. The minimum Gasteiger partial charge on any atom is -0.446 e. The van der Waals surface area contributed by atoms with Gasteiger partial charge in [0.2, 0.25) is 0 Å². The number of oxazole rings is 1. The summed E-state index contributed by atoms with van der Waals surface area (Å²) in [4.78, 5) is 9.76. The van der Waals surface area contributed by atoms with Crippen molar-refractivity contribution in [3.63, 3.8) is 0 Å². The summed E-state index contributed by atoms with van der Waals surface area (Å²) >= 11 is 0. The summed E-state index contributed by atoms with van der Waals surface area (Å²) < 4.78 is 5.50. The van der Waals surface area contributed by atoms with Crippen LogP contribution in [0.4, 0.5) is 0 Å². The van der Waals surface area contributed by atoms with Crippen LogP contribution in [0.5, 0.6) is 0 Å². The Kier molecular flexibility index (Phi) is 4.95. The Hall–Kier alpha value is -1.84. The van der Waals surface area contributed by atoms with Crippen LogP contribution < -0.4 is 0 Å². The van der Waals surface area contributed by atoms with E-state index in [0.717, 1.165) is 35.6 Å². The topological polar surface area (TPSA) is 47.6 Å². The number of rotatable bonds is 4. The molecule has 5 atom stereocenters. The van der Waals surface area contributed by atoms with Crippen molar-refractivity contribution >= 4 is 5.71 Å². The number of oxime groups is 1. The van der Waals surface area contributed by atoms with E-state index in [1.807, 2.05) is 6.92 Å². The average molecular weight is 409 g/mol. The van der Waals surface area contributed by atoms with Crippen molar-refractivity contribution in [1.82, 2.24) is 4.98 Å². The first kappa shape index (κ1) is 20.1. The highest BCUT2D eigenvalue weighted by Crippen LogP contribution is 2.66. The molecular formula is C26H36N2O2. The van der Waals surface area contributed by atoms with E-state index in [4.69, 9.17) is 9.25 Å². The number of aryl methyl sites for hydroxylation is 1. The molecule has 3 fully saturated rings. The smallest absolute Gasteiger partial charge is 0.191 e. The van der Waals surface area contributed by atoms with Gasteiger partial charge in [0.25, 0.3) is 0 Å². The van der Waals surface area contributed by atoms with Gasteiger partial charge in [0.05, 0.1) is 11.9 Å². The normalized spacial score (nSPS) is 39.3. The zero-order valence-electron chi connectivity index (χ0n) is 18.9. The predicted molar refractivity (Wildman–Crippen MR) is 119 cm³/mol.